The van der Waals surface area contributed by atoms with Crippen LogP contribution in [0.5, 0.6) is 17.2 Å². The number of phenolic OH excluding ortho intramolecular Hbond substituents is 1. The number of phenols is 1. The fourth-order valence-electron chi connectivity index (χ4n) is 3.34. The molecule has 0 saturated carbocycles. The van der Waals surface area contributed by atoms with Crippen LogP contribution >= 0.6 is 0 Å². The number of hydrogen-bond donors (Lipinski definition) is 6. The van der Waals surface area contributed by atoms with Gasteiger partial charge < -0.3 is 44.5 Å². The average molecular weight is 432 g/mol. The third kappa shape index (κ3) is 3.82. The number of benzene rings is 2. The first-order valence-corrected chi connectivity index (χ1v) is 9.36. The van der Waals surface area contributed by atoms with E-state index in [1.807, 2.05) is 0 Å². The van der Waals surface area contributed by atoms with Crippen LogP contribution < -0.4 is 10.2 Å². The van der Waals surface area contributed by atoms with Crippen molar-refractivity contribution < 1.29 is 44.5 Å². The Morgan fingerprint density at radius 1 is 0.935 bits per heavy atom. The van der Waals surface area contributed by atoms with Gasteiger partial charge in [-0.05, 0) is 36.4 Å². The van der Waals surface area contributed by atoms with E-state index in [4.69, 9.17) is 13.9 Å². The van der Waals surface area contributed by atoms with Crippen LogP contribution in [0.25, 0.3) is 22.3 Å². The van der Waals surface area contributed by atoms with Crippen LogP contribution in [0.15, 0.2) is 51.7 Å². The zero-order chi connectivity index (χ0) is 22.3. The van der Waals surface area contributed by atoms with Crippen LogP contribution in [0.1, 0.15) is 0 Å². The minimum atomic E-state index is -1.60. The normalized spacial score (nSPS) is 26.1. The zero-order valence-electron chi connectivity index (χ0n) is 16.0. The van der Waals surface area contributed by atoms with Crippen LogP contribution in [-0.4, -0.2) is 68.0 Å². The fourth-order valence-corrected chi connectivity index (χ4v) is 3.34. The van der Waals surface area contributed by atoms with Crippen molar-refractivity contribution in [2.75, 3.05) is 6.61 Å². The molecule has 0 bridgehead atoms. The van der Waals surface area contributed by atoms with E-state index in [-0.39, 0.29) is 28.2 Å². The molecule has 5 atom stereocenters. The van der Waals surface area contributed by atoms with E-state index in [1.165, 1.54) is 42.5 Å². The Hall–Kier alpha value is -3.15. The average Bonchev–Trinajstić information content (AvgIpc) is 2.77. The van der Waals surface area contributed by atoms with Crippen molar-refractivity contribution in [1.82, 2.24) is 0 Å². The van der Waals surface area contributed by atoms with Gasteiger partial charge in [-0.2, -0.15) is 0 Å². The van der Waals surface area contributed by atoms with Gasteiger partial charge in [0.05, 0.1) is 12.0 Å². The van der Waals surface area contributed by atoms with Gasteiger partial charge in [0.25, 0.3) is 0 Å². The molecular formula is C21H20O10. The summed E-state index contributed by atoms with van der Waals surface area (Å²) >= 11 is 0. The van der Waals surface area contributed by atoms with Gasteiger partial charge in [0.1, 0.15) is 41.5 Å². The monoisotopic (exact) mass is 432 g/mol. The van der Waals surface area contributed by atoms with E-state index in [9.17, 15) is 35.4 Å². The standard InChI is InChI=1S/C21H20O10/c22-8-14-16(25)17(26)19(28)21(31-14)29-11-5-6-12-13(7-11)30-20(18(27)15(12)24)9-1-3-10(23)4-2-9/h1-7,14,16-17,19,21-23,25-28H,8H2/t14-,16-,17-,19+,21-/m1/s1. The maximum Gasteiger partial charge on any atom is 0.235 e. The maximum atomic E-state index is 12.6. The van der Waals surface area contributed by atoms with Crippen LogP contribution in [0.2, 0.25) is 0 Å². The zero-order valence-corrected chi connectivity index (χ0v) is 16.0. The van der Waals surface area contributed by atoms with Crippen LogP contribution in [-0.2, 0) is 4.74 Å². The molecule has 1 aliphatic heterocycles. The fraction of sp³-hybridized carbons (Fsp3) is 0.286. The van der Waals surface area contributed by atoms with Crippen LogP contribution in [0, 0.1) is 0 Å². The molecule has 10 heteroatoms. The molecule has 6 N–H and O–H groups in total. The molecule has 10 nitrogen and oxygen atoms in total. The summed E-state index contributed by atoms with van der Waals surface area (Å²) < 4.78 is 16.5. The summed E-state index contributed by atoms with van der Waals surface area (Å²) in [6.45, 7) is -0.604. The van der Waals surface area contributed by atoms with Gasteiger partial charge >= 0.3 is 0 Å². The Morgan fingerprint density at radius 2 is 1.65 bits per heavy atom. The van der Waals surface area contributed by atoms with Gasteiger partial charge in [-0.1, -0.05) is 0 Å². The molecule has 0 radical (unpaired) electrons. The molecular weight excluding hydrogens is 412 g/mol. The van der Waals surface area contributed by atoms with Crippen molar-refractivity contribution in [2.24, 2.45) is 0 Å². The smallest absolute Gasteiger partial charge is 0.235 e. The topological polar surface area (TPSA) is 170 Å². The maximum absolute atomic E-state index is 12.6. The lowest BCUT2D eigenvalue weighted by atomic mass is 9.99. The number of ether oxygens (including phenoxy) is 2. The summed E-state index contributed by atoms with van der Waals surface area (Å²) in [5, 5.41) is 58.9. The highest BCUT2D eigenvalue weighted by atomic mass is 16.7. The molecule has 1 aromatic heterocycles. The molecule has 31 heavy (non-hydrogen) atoms. The lowest BCUT2D eigenvalue weighted by molar-refractivity contribution is -0.277. The molecule has 2 aromatic carbocycles. The number of rotatable bonds is 4. The summed E-state index contributed by atoms with van der Waals surface area (Å²) in [5.74, 6) is -0.604. The number of fused-ring (bicyclic) bond motifs is 1. The molecule has 3 aromatic rings. The molecule has 4 rings (SSSR count). The SMILES string of the molecule is O=c1c(O)c(-c2ccc(O)cc2)oc2cc(O[C@@H]3O[C@H](CO)[C@@H](O)[C@@H](O)[C@@H]3O)ccc12. The number of aromatic hydroxyl groups is 2. The Labute approximate surface area is 174 Å². The minimum Gasteiger partial charge on any atom is -0.508 e. The second-order valence-corrected chi connectivity index (χ2v) is 7.13. The molecule has 2 heterocycles. The molecule has 1 saturated heterocycles. The predicted octanol–water partition coefficient (Wildman–Crippen LogP) is 0.0499. The summed E-state index contributed by atoms with van der Waals surface area (Å²) in [7, 11) is 0. The Balaban J connectivity index is 1.70. The van der Waals surface area contributed by atoms with Crippen molar-refractivity contribution in [3.8, 4) is 28.6 Å². The first-order chi connectivity index (χ1) is 14.8. The molecule has 164 valence electrons. The first-order valence-electron chi connectivity index (χ1n) is 9.36. The van der Waals surface area contributed by atoms with Crippen LogP contribution in [0.3, 0.4) is 0 Å². The van der Waals surface area contributed by atoms with E-state index < -0.39 is 48.5 Å². The molecule has 0 spiro atoms. The Morgan fingerprint density at radius 3 is 2.32 bits per heavy atom. The van der Waals surface area contributed by atoms with Crippen molar-refractivity contribution in [1.29, 1.82) is 0 Å². The van der Waals surface area contributed by atoms with Crippen LogP contribution in [0.4, 0.5) is 0 Å². The lowest BCUT2D eigenvalue weighted by Gasteiger charge is -2.39. The van der Waals surface area contributed by atoms with Crippen molar-refractivity contribution in [3.63, 3.8) is 0 Å². The van der Waals surface area contributed by atoms with E-state index in [0.29, 0.717) is 5.56 Å². The highest BCUT2D eigenvalue weighted by molar-refractivity contribution is 5.83. The second-order valence-electron chi connectivity index (χ2n) is 7.13. The number of aliphatic hydroxyl groups excluding tert-OH is 4. The van der Waals surface area contributed by atoms with Gasteiger partial charge in [0.15, 0.2) is 5.76 Å². The summed E-state index contributed by atoms with van der Waals surface area (Å²) in [6, 6.07) is 9.74. The lowest BCUT2D eigenvalue weighted by Crippen LogP contribution is -2.60. The van der Waals surface area contributed by atoms with Gasteiger partial charge in [-0.15, -0.1) is 0 Å². The molecule has 0 aliphatic carbocycles. The highest BCUT2D eigenvalue weighted by Crippen LogP contribution is 2.33. The minimum absolute atomic E-state index is 0.00147. The molecule has 0 unspecified atom stereocenters. The largest absolute Gasteiger partial charge is 0.508 e. The third-order valence-corrected chi connectivity index (χ3v) is 5.07. The van der Waals surface area contributed by atoms with Gasteiger partial charge in [0, 0.05) is 11.6 Å². The van der Waals surface area contributed by atoms with E-state index >= 15 is 0 Å². The third-order valence-electron chi connectivity index (χ3n) is 5.07. The first kappa shape index (κ1) is 21.1. The Kier molecular flexibility index (Phi) is 5.56. The molecule has 1 aliphatic rings. The van der Waals surface area contributed by atoms with E-state index in [0.717, 1.165) is 0 Å². The summed E-state index contributed by atoms with van der Waals surface area (Å²) in [6.07, 6.45) is -7.28. The van der Waals surface area contributed by atoms with Gasteiger partial charge in [-0.25, -0.2) is 0 Å². The van der Waals surface area contributed by atoms with Crippen molar-refractivity contribution >= 4 is 11.0 Å². The summed E-state index contributed by atoms with van der Waals surface area (Å²) in [5.41, 5.74) is -0.258. The van der Waals surface area contributed by atoms with Gasteiger partial charge in [0.2, 0.25) is 17.5 Å². The highest BCUT2D eigenvalue weighted by Gasteiger charge is 2.44. The van der Waals surface area contributed by atoms with E-state index in [2.05, 4.69) is 0 Å². The van der Waals surface area contributed by atoms with E-state index in [1.54, 1.807) is 0 Å². The number of aliphatic hydroxyl groups is 4. The van der Waals surface area contributed by atoms with Gasteiger partial charge in [-0.3, -0.25) is 4.79 Å². The second kappa shape index (κ2) is 8.17. The quantitative estimate of drug-likeness (QED) is 0.331. The summed E-state index contributed by atoms with van der Waals surface area (Å²) in [4.78, 5) is 12.6. The molecule has 0 amide bonds. The number of hydrogen-bond acceptors (Lipinski definition) is 10. The Bertz CT molecular complexity index is 1140. The predicted molar refractivity (Wildman–Crippen MR) is 106 cm³/mol. The van der Waals surface area contributed by atoms with Crippen molar-refractivity contribution in [2.45, 2.75) is 30.7 Å². The molecule has 1 fully saturated rings. The van der Waals surface area contributed by atoms with Crippen molar-refractivity contribution in [3.05, 3.63) is 52.7 Å².